The average molecular weight is 678 g/mol. The highest BCUT2D eigenvalue weighted by Gasteiger charge is 2.30. The number of aromatic nitrogens is 1. The van der Waals surface area contributed by atoms with Crippen molar-refractivity contribution in [2.24, 2.45) is 0 Å². The first kappa shape index (κ1) is 33.6. The van der Waals surface area contributed by atoms with Gasteiger partial charge >= 0.3 is 6.18 Å². The largest absolute Gasteiger partial charge is 0.489 e. The van der Waals surface area contributed by atoms with Gasteiger partial charge in [-0.1, -0.05) is 121 Å². The molecule has 1 heterocycles. The van der Waals surface area contributed by atoms with Crippen molar-refractivity contribution in [3.63, 3.8) is 0 Å². The van der Waals surface area contributed by atoms with Crippen LogP contribution in [0.2, 0.25) is 0 Å². The van der Waals surface area contributed by atoms with Crippen LogP contribution < -0.4 is 10.1 Å². The Bertz CT molecular complexity index is 1890. The minimum absolute atomic E-state index is 0.251. The molecule has 0 aliphatic rings. The van der Waals surface area contributed by atoms with Crippen LogP contribution in [0.4, 0.5) is 13.2 Å². The van der Waals surface area contributed by atoms with Crippen LogP contribution in [0.1, 0.15) is 54.9 Å². The third-order valence-corrected chi connectivity index (χ3v) is 8.76. The van der Waals surface area contributed by atoms with Gasteiger partial charge in [0, 0.05) is 18.5 Å². The minimum atomic E-state index is -4.44. The number of rotatable bonds is 13. The number of amides is 1. The normalized spacial score (nSPS) is 11.5. The molecule has 0 saturated carbocycles. The van der Waals surface area contributed by atoms with Gasteiger partial charge in [-0.05, 0) is 46.0 Å². The molecule has 6 rings (SSSR count). The molecule has 5 aromatic carbocycles. The van der Waals surface area contributed by atoms with Crippen LogP contribution in [0.15, 0.2) is 145 Å². The fourth-order valence-electron chi connectivity index (χ4n) is 5.50. The first-order valence-corrected chi connectivity index (χ1v) is 16.7. The Kier molecular flexibility index (Phi) is 10.8. The number of thiazole rings is 1. The molecule has 0 radical (unpaired) electrons. The summed E-state index contributed by atoms with van der Waals surface area (Å²) in [4.78, 5) is 20.2. The number of ether oxygens (including phenoxy) is 1. The molecule has 0 spiro atoms. The molecule has 0 aliphatic carbocycles. The van der Waals surface area contributed by atoms with Crippen molar-refractivity contribution in [1.29, 1.82) is 0 Å². The quantitative estimate of drug-likeness (QED) is 0.132. The average Bonchev–Trinajstić information content (AvgIpc) is 3.60. The van der Waals surface area contributed by atoms with Crippen molar-refractivity contribution in [2.45, 2.75) is 38.5 Å². The van der Waals surface area contributed by atoms with Gasteiger partial charge in [0.1, 0.15) is 23.1 Å². The maximum absolute atomic E-state index is 13.5. The van der Waals surface area contributed by atoms with E-state index < -0.39 is 11.7 Å². The van der Waals surface area contributed by atoms with E-state index in [1.165, 1.54) is 23.5 Å². The predicted octanol–water partition coefficient (Wildman–Crippen LogP) is 9.46. The number of hydrogen-bond acceptors (Lipinski definition) is 5. The second-order valence-electron chi connectivity index (χ2n) is 11.6. The summed E-state index contributed by atoms with van der Waals surface area (Å²) in [7, 11) is 0. The van der Waals surface area contributed by atoms with Crippen LogP contribution in [-0.2, 0) is 32.4 Å². The van der Waals surface area contributed by atoms with E-state index in [9.17, 15) is 18.0 Å². The Morgan fingerprint density at radius 3 is 1.94 bits per heavy atom. The van der Waals surface area contributed by atoms with E-state index in [0.29, 0.717) is 30.3 Å². The number of carbonyl (C=O) groups excluding carboxylic acids is 1. The summed E-state index contributed by atoms with van der Waals surface area (Å²) in [5.41, 5.74) is 4.04. The number of alkyl halides is 3. The van der Waals surface area contributed by atoms with Crippen LogP contribution in [0.25, 0.3) is 0 Å². The number of carbonyl (C=O) groups is 1. The van der Waals surface area contributed by atoms with Crippen LogP contribution in [-0.4, -0.2) is 15.8 Å². The summed E-state index contributed by atoms with van der Waals surface area (Å²) >= 11 is 1.35. The van der Waals surface area contributed by atoms with Gasteiger partial charge in [0.05, 0.1) is 18.2 Å². The minimum Gasteiger partial charge on any atom is -0.489 e. The fourth-order valence-corrected chi connectivity index (χ4v) is 6.31. The molecule has 0 bridgehead atoms. The maximum atomic E-state index is 13.5. The monoisotopic (exact) mass is 677 g/mol. The van der Waals surface area contributed by atoms with Crippen LogP contribution in [0, 0.1) is 0 Å². The molecular weight excluding hydrogens is 644 g/mol. The van der Waals surface area contributed by atoms with Gasteiger partial charge in [0.25, 0.3) is 5.91 Å². The van der Waals surface area contributed by atoms with Gasteiger partial charge in [0.15, 0.2) is 0 Å². The van der Waals surface area contributed by atoms with Crippen LogP contribution >= 0.6 is 11.3 Å². The molecule has 248 valence electrons. The zero-order valence-electron chi connectivity index (χ0n) is 26.5. The lowest BCUT2D eigenvalue weighted by Crippen LogP contribution is -2.29. The van der Waals surface area contributed by atoms with Crippen molar-refractivity contribution in [2.75, 3.05) is 0 Å². The zero-order chi connectivity index (χ0) is 34.1. The number of halogens is 3. The molecule has 1 aromatic heterocycles. The van der Waals surface area contributed by atoms with Crippen molar-refractivity contribution in [3.05, 3.63) is 189 Å². The smallest absolute Gasteiger partial charge is 0.416 e. The van der Waals surface area contributed by atoms with E-state index in [1.54, 1.807) is 11.4 Å². The van der Waals surface area contributed by atoms with E-state index >= 15 is 0 Å². The van der Waals surface area contributed by atoms with Crippen molar-refractivity contribution in [3.8, 4) is 5.75 Å². The van der Waals surface area contributed by atoms with Crippen LogP contribution in [0.5, 0.6) is 5.75 Å². The Morgan fingerprint density at radius 1 is 0.714 bits per heavy atom. The Morgan fingerprint density at radius 2 is 1.31 bits per heavy atom. The Labute approximate surface area is 287 Å². The summed E-state index contributed by atoms with van der Waals surface area (Å²) in [5.74, 6) is 0.410. The van der Waals surface area contributed by atoms with Gasteiger partial charge in [-0.3, -0.25) is 9.69 Å². The third-order valence-electron chi connectivity index (χ3n) is 7.92. The predicted molar refractivity (Wildman–Crippen MR) is 186 cm³/mol. The molecule has 0 aliphatic heterocycles. The molecule has 0 saturated heterocycles. The van der Waals surface area contributed by atoms with E-state index in [4.69, 9.17) is 4.74 Å². The number of hydrogen-bond donors (Lipinski definition) is 1. The summed E-state index contributed by atoms with van der Waals surface area (Å²) in [5, 5.41) is 5.53. The third kappa shape index (κ3) is 9.43. The molecule has 6 aromatic rings. The van der Waals surface area contributed by atoms with E-state index in [-0.39, 0.29) is 24.2 Å². The molecular formula is C40H34F3N3O2S. The Hall–Kier alpha value is -5.25. The number of nitrogens with one attached hydrogen (secondary N) is 1. The molecule has 1 amide bonds. The van der Waals surface area contributed by atoms with E-state index in [0.717, 1.165) is 34.1 Å². The van der Waals surface area contributed by atoms with Gasteiger partial charge in [-0.15, -0.1) is 11.3 Å². The molecule has 49 heavy (non-hydrogen) atoms. The van der Waals surface area contributed by atoms with Gasteiger partial charge in [-0.25, -0.2) is 4.98 Å². The van der Waals surface area contributed by atoms with Gasteiger partial charge < -0.3 is 10.1 Å². The number of nitrogens with zero attached hydrogens (tertiary/aromatic N) is 2. The second kappa shape index (κ2) is 15.8. The Balaban J connectivity index is 1.18. The molecule has 0 atom stereocenters. The second-order valence-corrected chi connectivity index (χ2v) is 12.6. The first-order valence-electron chi connectivity index (χ1n) is 15.8. The van der Waals surface area contributed by atoms with Gasteiger partial charge in [-0.2, -0.15) is 13.2 Å². The fraction of sp³-hybridized carbons (Fsp3) is 0.150. The summed E-state index contributed by atoms with van der Waals surface area (Å²) in [6.45, 7) is 1.47. The van der Waals surface area contributed by atoms with E-state index in [1.807, 2.05) is 120 Å². The topological polar surface area (TPSA) is 54.5 Å². The van der Waals surface area contributed by atoms with Crippen molar-refractivity contribution < 1.29 is 22.7 Å². The molecule has 0 fully saturated rings. The highest BCUT2D eigenvalue weighted by molar-refractivity contribution is 7.09. The highest BCUT2D eigenvalue weighted by atomic mass is 32.1. The number of benzene rings is 5. The van der Waals surface area contributed by atoms with Gasteiger partial charge in [0.2, 0.25) is 0 Å². The van der Waals surface area contributed by atoms with Crippen LogP contribution in [0.3, 0.4) is 0 Å². The lowest BCUT2D eigenvalue weighted by molar-refractivity contribution is -0.137. The lowest BCUT2D eigenvalue weighted by atomic mass is 9.98. The highest BCUT2D eigenvalue weighted by Crippen LogP contribution is 2.30. The summed E-state index contributed by atoms with van der Waals surface area (Å²) in [6.07, 6.45) is -4.44. The molecule has 9 heteroatoms. The van der Waals surface area contributed by atoms with Crippen molar-refractivity contribution >= 4 is 17.2 Å². The summed E-state index contributed by atoms with van der Waals surface area (Å²) < 4.78 is 46.5. The summed E-state index contributed by atoms with van der Waals surface area (Å²) in [6, 6.07) is 42.1. The SMILES string of the molecule is O=C(NC(c1ccccc1)c1ccccc1)c1csc(CN(Cc2ccc(OCc3ccccc3)cc2)Cc2cccc(C(F)(F)F)c2)n1. The van der Waals surface area contributed by atoms with Crippen molar-refractivity contribution in [1.82, 2.24) is 15.2 Å². The molecule has 0 unspecified atom stereocenters. The standard InChI is InChI=1S/C40H34F3N3O2S/c41-40(42,43)34-18-10-13-31(23-34)25-46(24-29-19-21-35(22-20-29)48-27-30-11-4-1-5-12-30)26-37-44-36(28-49-37)39(47)45-38(32-14-6-2-7-15-32)33-16-8-3-9-17-33/h1-23,28,38H,24-27H2,(H,45,47). The lowest BCUT2D eigenvalue weighted by Gasteiger charge is -2.22. The molecule has 5 nitrogen and oxygen atoms in total. The van der Waals surface area contributed by atoms with E-state index in [2.05, 4.69) is 10.3 Å². The first-order chi connectivity index (χ1) is 23.8. The zero-order valence-corrected chi connectivity index (χ0v) is 27.3. The maximum Gasteiger partial charge on any atom is 0.416 e. The molecule has 1 N–H and O–H groups in total.